The maximum absolute atomic E-state index is 10.8. The van der Waals surface area contributed by atoms with Crippen LogP contribution in [0.3, 0.4) is 0 Å². The molecule has 0 radical (unpaired) electrons. The molecule has 0 amide bonds. The third-order valence-electron chi connectivity index (χ3n) is 2.65. The van der Waals surface area contributed by atoms with Gasteiger partial charge in [0.2, 0.25) is 0 Å². The molecule has 0 bridgehead atoms. The quantitative estimate of drug-likeness (QED) is 0.570. The van der Waals surface area contributed by atoms with E-state index in [2.05, 4.69) is 10.00 Å². The van der Waals surface area contributed by atoms with Gasteiger partial charge < -0.3 is 9.64 Å². The highest BCUT2D eigenvalue weighted by atomic mass is 16.6. The van der Waals surface area contributed by atoms with E-state index in [9.17, 15) is 10.1 Å². The second kappa shape index (κ2) is 4.96. The van der Waals surface area contributed by atoms with Crippen LogP contribution in [0.25, 0.3) is 6.08 Å². The summed E-state index contributed by atoms with van der Waals surface area (Å²) in [7, 11) is 1.69. The highest BCUT2D eigenvalue weighted by Gasteiger charge is 2.16. The maximum atomic E-state index is 10.8. The van der Waals surface area contributed by atoms with E-state index in [1.165, 1.54) is 10.9 Å². The lowest BCUT2D eigenvalue weighted by Gasteiger charge is -2.24. The van der Waals surface area contributed by atoms with E-state index < -0.39 is 4.92 Å². The predicted octanol–water partition coefficient (Wildman–Crippen LogP) is 0.631. The highest BCUT2D eigenvalue weighted by Crippen LogP contribution is 2.18. The van der Waals surface area contributed by atoms with E-state index >= 15 is 0 Å². The lowest BCUT2D eigenvalue weighted by atomic mass is 10.3. The predicted molar refractivity (Wildman–Crippen MR) is 61.3 cm³/mol. The number of nitro groups is 1. The Morgan fingerprint density at radius 3 is 2.88 bits per heavy atom. The van der Waals surface area contributed by atoms with Crippen LogP contribution in [0.1, 0.15) is 5.69 Å². The largest absolute Gasteiger partial charge is 0.378 e. The number of rotatable bonds is 3. The lowest BCUT2D eigenvalue weighted by molar-refractivity contribution is -0.385. The van der Waals surface area contributed by atoms with Crippen molar-refractivity contribution >= 4 is 11.8 Å². The minimum atomic E-state index is -0.425. The molecule has 0 atom stereocenters. The van der Waals surface area contributed by atoms with Crippen molar-refractivity contribution in [1.82, 2.24) is 14.7 Å². The van der Waals surface area contributed by atoms with Gasteiger partial charge in [-0.2, -0.15) is 5.10 Å². The Balaban J connectivity index is 2.14. The van der Waals surface area contributed by atoms with Gasteiger partial charge in [-0.25, -0.2) is 0 Å². The van der Waals surface area contributed by atoms with Crippen LogP contribution in [0.5, 0.6) is 0 Å². The van der Waals surface area contributed by atoms with Gasteiger partial charge in [-0.15, -0.1) is 0 Å². The Bertz CT molecular complexity index is 435. The summed E-state index contributed by atoms with van der Waals surface area (Å²) < 4.78 is 6.72. The van der Waals surface area contributed by atoms with Gasteiger partial charge >= 0.3 is 5.69 Å². The first kappa shape index (κ1) is 11.6. The standard InChI is InChI=1S/C10H14N4O3/c1-12-9(10(8-11-12)14(15)16)2-3-13-4-6-17-7-5-13/h2-3,8H,4-7H2,1H3/b3-2+. The SMILES string of the molecule is Cn1ncc([N+](=O)[O-])c1/C=C/N1CCOCC1. The summed E-state index contributed by atoms with van der Waals surface area (Å²) >= 11 is 0. The molecular weight excluding hydrogens is 224 g/mol. The molecule has 1 saturated heterocycles. The number of hydrogen-bond acceptors (Lipinski definition) is 5. The van der Waals surface area contributed by atoms with Crippen LogP contribution in [0.4, 0.5) is 5.69 Å². The zero-order valence-electron chi connectivity index (χ0n) is 9.57. The second-order valence-corrected chi connectivity index (χ2v) is 3.76. The molecule has 1 fully saturated rings. The highest BCUT2D eigenvalue weighted by molar-refractivity contribution is 5.56. The minimum absolute atomic E-state index is 0.0250. The monoisotopic (exact) mass is 238 g/mol. The van der Waals surface area contributed by atoms with Gasteiger partial charge in [0.25, 0.3) is 0 Å². The van der Waals surface area contributed by atoms with Crippen LogP contribution in [0, 0.1) is 10.1 Å². The average molecular weight is 238 g/mol. The smallest absolute Gasteiger partial charge is 0.314 e. The van der Waals surface area contributed by atoms with Gasteiger partial charge in [-0.3, -0.25) is 14.8 Å². The molecule has 0 saturated carbocycles. The normalized spacial score (nSPS) is 16.6. The third-order valence-corrected chi connectivity index (χ3v) is 2.65. The average Bonchev–Trinajstić information content (AvgIpc) is 2.69. The number of hydrogen-bond donors (Lipinski definition) is 0. The van der Waals surface area contributed by atoms with E-state index in [0.29, 0.717) is 18.9 Å². The van der Waals surface area contributed by atoms with Gasteiger partial charge in [0, 0.05) is 26.3 Å². The molecule has 2 heterocycles. The first-order valence-electron chi connectivity index (χ1n) is 5.35. The summed E-state index contributed by atoms with van der Waals surface area (Å²) in [6.45, 7) is 3.00. The van der Waals surface area contributed by atoms with E-state index in [1.807, 2.05) is 6.20 Å². The Labute approximate surface area is 98.4 Å². The molecule has 1 aliphatic heterocycles. The zero-order chi connectivity index (χ0) is 12.3. The molecule has 0 aliphatic carbocycles. The Morgan fingerprint density at radius 2 is 2.24 bits per heavy atom. The number of nitrogens with zero attached hydrogens (tertiary/aromatic N) is 4. The van der Waals surface area contributed by atoms with Crippen molar-refractivity contribution in [2.75, 3.05) is 26.3 Å². The molecule has 0 spiro atoms. The van der Waals surface area contributed by atoms with Crippen molar-refractivity contribution in [2.45, 2.75) is 0 Å². The molecule has 2 rings (SSSR count). The van der Waals surface area contributed by atoms with Gasteiger partial charge in [0.05, 0.1) is 18.1 Å². The number of aryl methyl sites for hydroxylation is 1. The van der Waals surface area contributed by atoms with E-state index in [0.717, 1.165) is 13.1 Å². The summed E-state index contributed by atoms with van der Waals surface area (Å²) in [5.41, 5.74) is 0.526. The molecule has 1 aromatic rings. The van der Waals surface area contributed by atoms with Gasteiger partial charge in [0.15, 0.2) is 0 Å². The van der Waals surface area contributed by atoms with Gasteiger partial charge in [0.1, 0.15) is 11.9 Å². The number of aromatic nitrogens is 2. The van der Waals surface area contributed by atoms with Crippen LogP contribution < -0.4 is 0 Å². The molecule has 0 unspecified atom stereocenters. The van der Waals surface area contributed by atoms with E-state index in [-0.39, 0.29) is 5.69 Å². The van der Waals surface area contributed by atoms with Gasteiger partial charge in [-0.05, 0) is 6.08 Å². The molecule has 0 aromatic carbocycles. The van der Waals surface area contributed by atoms with Crippen LogP contribution in [0.2, 0.25) is 0 Å². The first-order valence-corrected chi connectivity index (χ1v) is 5.35. The fraction of sp³-hybridized carbons (Fsp3) is 0.500. The lowest BCUT2D eigenvalue weighted by Crippen LogP contribution is -2.31. The van der Waals surface area contributed by atoms with Crippen molar-refractivity contribution in [3.8, 4) is 0 Å². The fourth-order valence-electron chi connectivity index (χ4n) is 1.67. The molecule has 7 heteroatoms. The Kier molecular flexibility index (Phi) is 3.38. The van der Waals surface area contributed by atoms with Crippen molar-refractivity contribution in [2.24, 2.45) is 7.05 Å². The third kappa shape index (κ3) is 2.62. The first-order chi connectivity index (χ1) is 8.18. The molecule has 1 aliphatic rings. The van der Waals surface area contributed by atoms with Crippen LogP contribution in [-0.4, -0.2) is 45.9 Å². The summed E-state index contributed by atoms with van der Waals surface area (Å²) in [6, 6.07) is 0. The Morgan fingerprint density at radius 1 is 1.53 bits per heavy atom. The minimum Gasteiger partial charge on any atom is -0.378 e. The fourth-order valence-corrected chi connectivity index (χ4v) is 1.67. The van der Waals surface area contributed by atoms with Crippen molar-refractivity contribution in [1.29, 1.82) is 0 Å². The molecule has 0 N–H and O–H groups in total. The van der Waals surface area contributed by atoms with Crippen molar-refractivity contribution in [3.05, 3.63) is 28.2 Å². The summed E-state index contributed by atoms with van der Waals surface area (Å²) in [5.74, 6) is 0. The van der Waals surface area contributed by atoms with Gasteiger partial charge in [-0.1, -0.05) is 0 Å². The zero-order valence-corrected chi connectivity index (χ0v) is 9.57. The second-order valence-electron chi connectivity index (χ2n) is 3.76. The maximum Gasteiger partial charge on any atom is 0.314 e. The van der Waals surface area contributed by atoms with Crippen LogP contribution >= 0.6 is 0 Å². The van der Waals surface area contributed by atoms with Crippen LogP contribution in [0.15, 0.2) is 12.4 Å². The van der Waals surface area contributed by atoms with Crippen molar-refractivity contribution < 1.29 is 9.66 Å². The number of ether oxygens (including phenoxy) is 1. The van der Waals surface area contributed by atoms with Crippen LogP contribution in [-0.2, 0) is 11.8 Å². The molecule has 92 valence electrons. The number of morpholine rings is 1. The molecular formula is C10H14N4O3. The molecule has 17 heavy (non-hydrogen) atoms. The topological polar surface area (TPSA) is 73.4 Å². The molecule has 1 aromatic heterocycles. The van der Waals surface area contributed by atoms with E-state index in [1.54, 1.807) is 13.1 Å². The summed E-state index contributed by atoms with van der Waals surface area (Å²) in [5, 5.41) is 14.7. The van der Waals surface area contributed by atoms with E-state index in [4.69, 9.17) is 4.74 Å². The van der Waals surface area contributed by atoms with Crippen molar-refractivity contribution in [3.63, 3.8) is 0 Å². The molecule has 7 nitrogen and oxygen atoms in total. The summed E-state index contributed by atoms with van der Waals surface area (Å²) in [4.78, 5) is 12.4. The Hall–Kier alpha value is -1.89. The summed E-state index contributed by atoms with van der Waals surface area (Å²) in [6.07, 6.45) is 4.84.